The lowest BCUT2D eigenvalue weighted by Gasteiger charge is -2.07. The summed E-state index contributed by atoms with van der Waals surface area (Å²) in [6, 6.07) is 6.97. The summed E-state index contributed by atoms with van der Waals surface area (Å²) >= 11 is 1.41. The van der Waals surface area contributed by atoms with Gasteiger partial charge in [-0.3, -0.25) is 30.0 Å². The Balaban J connectivity index is 1.65. The van der Waals surface area contributed by atoms with Crippen molar-refractivity contribution in [2.75, 3.05) is 0 Å². The Bertz CT molecular complexity index is 822. The van der Waals surface area contributed by atoms with E-state index in [1.165, 1.54) is 11.3 Å². The fourth-order valence-electron chi connectivity index (χ4n) is 2.29. The second kappa shape index (κ2) is 9.10. The number of ketones is 2. The summed E-state index contributed by atoms with van der Waals surface area (Å²) in [4.78, 5) is 49.0. The lowest BCUT2D eigenvalue weighted by atomic mass is 10.1. The maximum absolute atomic E-state index is 11.9. The molecule has 26 heavy (non-hydrogen) atoms. The van der Waals surface area contributed by atoms with Gasteiger partial charge in [0.05, 0.1) is 4.88 Å². The Kier molecular flexibility index (Phi) is 6.85. The third kappa shape index (κ3) is 5.66. The van der Waals surface area contributed by atoms with Gasteiger partial charge in [-0.25, -0.2) is 0 Å². The highest BCUT2D eigenvalue weighted by molar-refractivity contribution is 7.14. The minimum absolute atomic E-state index is 0.0304. The van der Waals surface area contributed by atoms with E-state index in [4.69, 9.17) is 0 Å². The van der Waals surface area contributed by atoms with Crippen LogP contribution in [0.15, 0.2) is 30.5 Å². The normalized spacial score (nSPS) is 10.4. The Morgan fingerprint density at radius 1 is 1.00 bits per heavy atom. The van der Waals surface area contributed by atoms with Crippen LogP contribution >= 0.6 is 11.3 Å². The first-order valence-corrected chi connectivity index (χ1v) is 9.00. The largest absolute Gasteiger partial charge is 0.347 e. The van der Waals surface area contributed by atoms with Crippen molar-refractivity contribution in [1.29, 1.82) is 0 Å². The van der Waals surface area contributed by atoms with Crippen LogP contribution in [0, 0.1) is 6.92 Å². The molecule has 0 spiro atoms. The number of aromatic nitrogens is 1. The molecule has 2 N–H and O–H groups in total. The zero-order chi connectivity index (χ0) is 19.1. The van der Waals surface area contributed by atoms with Crippen molar-refractivity contribution in [3.63, 3.8) is 0 Å². The summed E-state index contributed by atoms with van der Waals surface area (Å²) in [6.07, 6.45) is 1.96. The van der Waals surface area contributed by atoms with Crippen LogP contribution in [0.25, 0.3) is 0 Å². The predicted molar refractivity (Wildman–Crippen MR) is 97.9 cm³/mol. The van der Waals surface area contributed by atoms with Crippen LogP contribution < -0.4 is 10.9 Å². The summed E-state index contributed by atoms with van der Waals surface area (Å²) in [5, 5.41) is 0. The molecule has 138 valence electrons. The Labute approximate surface area is 155 Å². The van der Waals surface area contributed by atoms with E-state index in [0.29, 0.717) is 10.6 Å². The second-order valence-electron chi connectivity index (χ2n) is 5.88. The first-order chi connectivity index (χ1) is 12.4. The third-order valence-corrected chi connectivity index (χ3v) is 4.81. The van der Waals surface area contributed by atoms with Crippen molar-refractivity contribution < 1.29 is 19.2 Å². The summed E-state index contributed by atoms with van der Waals surface area (Å²) in [5.74, 6) is -1.11. The molecule has 0 saturated heterocycles. The van der Waals surface area contributed by atoms with Crippen molar-refractivity contribution in [2.45, 2.75) is 32.6 Å². The lowest BCUT2D eigenvalue weighted by molar-refractivity contribution is -0.125. The molecule has 2 aromatic rings. The number of thiophene rings is 1. The average molecular weight is 375 g/mol. The minimum Gasteiger partial charge on any atom is -0.347 e. The van der Waals surface area contributed by atoms with Gasteiger partial charge in [0, 0.05) is 43.8 Å². The number of rotatable bonds is 8. The van der Waals surface area contributed by atoms with Crippen molar-refractivity contribution in [1.82, 2.24) is 15.4 Å². The zero-order valence-electron chi connectivity index (χ0n) is 14.7. The van der Waals surface area contributed by atoms with Crippen molar-refractivity contribution in [2.24, 2.45) is 7.05 Å². The number of aryl methyl sites for hydroxylation is 2. The van der Waals surface area contributed by atoms with Crippen molar-refractivity contribution in [3.8, 4) is 0 Å². The van der Waals surface area contributed by atoms with Crippen LogP contribution in [0.2, 0.25) is 0 Å². The summed E-state index contributed by atoms with van der Waals surface area (Å²) in [6.45, 7) is 1.92. The van der Waals surface area contributed by atoms with Gasteiger partial charge in [0.25, 0.3) is 5.91 Å². The Morgan fingerprint density at radius 3 is 2.35 bits per heavy atom. The Hall–Kier alpha value is -2.74. The fourth-order valence-corrected chi connectivity index (χ4v) is 3.12. The van der Waals surface area contributed by atoms with Crippen LogP contribution in [0.3, 0.4) is 0 Å². The number of amides is 2. The monoisotopic (exact) mass is 375 g/mol. The first kappa shape index (κ1) is 19.6. The number of hydrogen-bond donors (Lipinski definition) is 2. The van der Waals surface area contributed by atoms with E-state index >= 15 is 0 Å². The summed E-state index contributed by atoms with van der Waals surface area (Å²) < 4.78 is 1.62. The van der Waals surface area contributed by atoms with E-state index in [0.717, 1.165) is 4.88 Å². The number of Topliss-reactive ketones (excluding diaryl/α,β-unsaturated/α-hetero) is 2. The molecule has 8 heteroatoms. The molecular formula is C18H21N3O4S. The van der Waals surface area contributed by atoms with Crippen LogP contribution in [0.1, 0.15) is 50.7 Å². The highest BCUT2D eigenvalue weighted by Gasteiger charge is 2.13. The van der Waals surface area contributed by atoms with Crippen molar-refractivity contribution in [3.05, 3.63) is 45.9 Å². The standard InChI is InChI=1S/C18H21N3O4S/c1-12-5-9-16(26-12)15(23)8-6-13(22)7-10-17(24)19-20-18(25)14-4-3-11-21(14)2/h3-5,9,11H,6-8,10H2,1-2H3,(H,19,24)(H,20,25). The van der Waals surface area contributed by atoms with E-state index < -0.39 is 11.8 Å². The van der Waals surface area contributed by atoms with Crippen molar-refractivity contribution >= 4 is 34.7 Å². The lowest BCUT2D eigenvalue weighted by Crippen LogP contribution is -2.42. The predicted octanol–water partition coefficient (Wildman–Crippen LogP) is 2.17. The molecular weight excluding hydrogens is 354 g/mol. The molecule has 0 saturated carbocycles. The fraction of sp³-hybridized carbons (Fsp3) is 0.333. The molecule has 0 aliphatic rings. The maximum Gasteiger partial charge on any atom is 0.286 e. The van der Waals surface area contributed by atoms with Crippen LogP contribution in [-0.2, 0) is 16.6 Å². The first-order valence-electron chi connectivity index (χ1n) is 8.18. The zero-order valence-corrected chi connectivity index (χ0v) is 15.5. The van der Waals surface area contributed by atoms with Gasteiger partial charge in [-0.2, -0.15) is 0 Å². The minimum atomic E-state index is -0.457. The molecule has 2 heterocycles. The van der Waals surface area contributed by atoms with Gasteiger partial charge < -0.3 is 4.57 Å². The van der Waals surface area contributed by atoms with E-state index in [9.17, 15) is 19.2 Å². The van der Waals surface area contributed by atoms with Gasteiger partial charge in [0.1, 0.15) is 11.5 Å². The highest BCUT2D eigenvalue weighted by Crippen LogP contribution is 2.17. The molecule has 0 atom stereocenters. The molecule has 0 fully saturated rings. The van der Waals surface area contributed by atoms with Gasteiger partial charge in [-0.15, -0.1) is 11.3 Å². The second-order valence-corrected chi connectivity index (χ2v) is 7.17. The van der Waals surface area contributed by atoms with Gasteiger partial charge in [0.2, 0.25) is 5.91 Å². The third-order valence-electron chi connectivity index (χ3n) is 3.77. The number of nitrogens with zero attached hydrogens (tertiary/aromatic N) is 1. The van der Waals surface area contributed by atoms with E-state index in [-0.39, 0.29) is 37.2 Å². The highest BCUT2D eigenvalue weighted by atomic mass is 32.1. The molecule has 2 rings (SSSR count). The van der Waals surface area contributed by atoms with Gasteiger partial charge in [-0.1, -0.05) is 0 Å². The molecule has 0 bridgehead atoms. The quantitative estimate of drug-likeness (QED) is 0.546. The number of hydrogen-bond acceptors (Lipinski definition) is 5. The van der Waals surface area contributed by atoms with E-state index in [2.05, 4.69) is 10.9 Å². The molecule has 7 nitrogen and oxygen atoms in total. The average Bonchev–Trinajstić information content (AvgIpc) is 3.24. The van der Waals surface area contributed by atoms with Gasteiger partial charge in [0.15, 0.2) is 5.78 Å². The topological polar surface area (TPSA) is 97.3 Å². The number of hydrazine groups is 1. The maximum atomic E-state index is 11.9. The van der Waals surface area contributed by atoms with Crippen LogP contribution in [0.5, 0.6) is 0 Å². The summed E-state index contributed by atoms with van der Waals surface area (Å²) in [7, 11) is 1.72. The molecule has 2 aromatic heterocycles. The summed E-state index contributed by atoms with van der Waals surface area (Å²) in [5.41, 5.74) is 4.98. The molecule has 0 aliphatic heterocycles. The van der Waals surface area contributed by atoms with Gasteiger partial charge >= 0.3 is 0 Å². The molecule has 2 amide bonds. The van der Waals surface area contributed by atoms with E-state index in [1.807, 2.05) is 13.0 Å². The van der Waals surface area contributed by atoms with Crippen LogP contribution in [0.4, 0.5) is 0 Å². The molecule has 0 aromatic carbocycles. The molecule has 0 radical (unpaired) electrons. The van der Waals surface area contributed by atoms with Gasteiger partial charge in [-0.05, 0) is 31.2 Å². The smallest absolute Gasteiger partial charge is 0.286 e. The Morgan fingerprint density at radius 2 is 1.73 bits per heavy atom. The number of nitrogens with one attached hydrogen (secondary N) is 2. The number of carbonyl (C=O) groups excluding carboxylic acids is 4. The molecule has 0 unspecified atom stereocenters. The van der Waals surface area contributed by atoms with E-state index in [1.54, 1.807) is 36.0 Å². The SMILES string of the molecule is Cc1ccc(C(=O)CCC(=O)CCC(=O)NNC(=O)c2cccn2C)s1. The number of carbonyl (C=O) groups is 4. The molecule has 0 aliphatic carbocycles. The van der Waals surface area contributed by atoms with Crippen LogP contribution in [-0.4, -0.2) is 27.9 Å².